The first-order valence-corrected chi connectivity index (χ1v) is 12.2. The fourth-order valence-electron chi connectivity index (χ4n) is 3.54. The Hall–Kier alpha value is -2.39. The van der Waals surface area contributed by atoms with Crippen LogP contribution in [0.1, 0.15) is 26.7 Å². The maximum absolute atomic E-state index is 14.7. The summed E-state index contributed by atoms with van der Waals surface area (Å²) in [7, 11) is 0. The number of amides is 1. The second-order valence-corrected chi connectivity index (χ2v) is 9.35. The third-order valence-electron chi connectivity index (χ3n) is 5.10. The van der Waals surface area contributed by atoms with Gasteiger partial charge in [-0.1, -0.05) is 6.07 Å². The third-order valence-corrected chi connectivity index (χ3v) is 6.78. The Morgan fingerprint density at radius 1 is 1.26 bits per heavy atom. The number of thioether (sulfide) groups is 1. The summed E-state index contributed by atoms with van der Waals surface area (Å²) >= 11 is 2.95. The van der Waals surface area contributed by atoms with Crippen LogP contribution in [-0.2, 0) is 4.74 Å². The molecular weight excluding hydrogens is 437 g/mol. The summed E-state index contributed by atoms with van der Waals surface area (Å²) in [6.07, 6.45) is 4.30. The molecule has 0 radical (unpaired) electrons. The van der Waals surface area contributed by atoms with Crippen LogP contribution in [0.25, 0.3) is 21.3 Å². The Balaban J connectivity index is 1.50. The van der Waals surface area contributed by atoms with E-state index in [9.17, 15) is 9.18 Å². The molecule has 1 amide bonds. The number of carbonyl (C=O) groups excluding carboxylic acids is 1. The number of piperidine rings is 1. The SMILES string of the molecule is CSc1ccc(-c2csc3c(OC4CCN(C(=O)OC(C)C)CC4)ncnc23)c(F)c1. The molecule has 6 nitrogen and oxygen atoms in total. The smallest absolute Gasteiger partial charge is 0.410 e. The summed E-state index contributed by atoms with van der Waals surface area (Å²) in [5.41, 5.74) is 1.94. The molecule has 2 aromatic heterocycles. The van der Waals surface area contributed by atoms with Crippen molar-refractivity contribution in [2.24, 2.45) is 0 Å². The van der Waals surface area contributed by atoms with Crippen molar-refractivity contribution in [2.75, 3.05) is 19.3 Å². The van der Waals surface area contributed by atoms with Crippen LogP contribution < -0.4 is 4.74 Å². The first kappa shape index (κ1) is 21.8. The van der Waals surface area contributed by atoms with Crippen molar-refractivity contribution in [2.45, 2.75) is 43.8 Å². The summed E-state index contributed by atoms with van der Waals surface area (Å²) in [6, 6.07) is 5.24. The molecule has 0 bridgehead atoms. The highest BCUT2D eigenvalue weighted by Crippen LogP contribution is 2.38. The molecule has 1 saturated heterocycles. The first-order chi connectivity index (χ1) is 15.0. The molecular formula is C22H24FN3O3S2. The number of halogens is 1. The Morgan fingerprint density at radius 3 is 2.71 bits per heavy atom. The maximum Gasteiger partial charge on any atom is 0.410 e. The highest BCUT2D eigenvalue weighted by atomic mass is 32.2. The normalized spacial score (nSPS) is 14.9. The van der Waals surface area contributed by atoms with Crippen molar-refractivity contribution in [1.29, 1.82) is 0 Å². The van der Waals surface area contributed by atoms with Crippen LogP contribution in [0.5, 0.6) is 5.88 Å². The number of rotatable bonds is 5. The second kappa shape index (κ2) is 9.40. The molecule has 9 heteroatoms. The minimum Gasteiger partial charge on any atom is -0.473 e. The van der Waals surface area contributed by atoms with E-state index in [4.69, 9.17) is 9.47 Å². The highest BCUT2D eigenvalue weighted by molar-refractivity contribution is 7.98. The Labute approximate surface area is 188 Å². The van der Waals surface area contributed by atoms with E-state index >= 15 is 0 Å². The molecule has 1 aliphatic rings. The number of ether oxygens (including phenoxy) is 2. The lowest BCUT2D eigenvalue weighted by Crippen LogP contribution is -2.42. The van der Waals surface area contributed by atoms with E-state index in [1.165, 1.54) is 29.4 Å². The molecule has 0 aliphatic carbocycles. The van der Waals surface area contributed by atoms with Gasteiger partial charge in [-0.3, -0.25) is 0 Å². The number of hydrogen-bond donors (Lipinski definition) is 0. The van der Waals surface area contributed by atoms with Gasteiger partial charge in [-0.25, -0.2) is 19.2 Å². The minimum absolute atomic E-state index is 0.0515. The lowest BCUT2D eigenvalue weighted by molar-refractivity contribution is 0.0511. The molecule has 1 aromatic carbocycles. The number of hydrogen-bond acceptors (Lipinski definition) is 7. The van der Waals surface area contributed by atoms with Gasteiger partial charge in [0.1, 0.15) is 22.9 Å². The van der Waals surface area contributed by atoms with Crippen LogP contribution in [-0.4, -0.2) is 52.5 Å². The van der Waals surface area contributed by atoms with Crippen molar-refractivity contribution >= 4 is 39.4 Å². The molecule has 0 spiro atoms. The topological polar surface area (TPSA) is 64.5 Å². The van der Waals surface area contributed by atoms with Gasteiger partial charge in [-0.2, -0.15) is 0 Å². The molecule has 31 heavy (non-hydrogen) atoms. The number of aromatic nitrogens is 2. The summed E-state index contributed by atoms with van der Waals surface area (Å²) < 4.78 is 26.9. The zero-order valence-electron chi connectivity index (χ0n) is 17.6. The van der Waals surface area contributed by atoms with E-state index in [0.717, 1.165) is 15.2 Å². The van der Waals surface area contributed by atoms with Gasteiger partial charge in [0.25, 0.3) is 0 Å². The number of carbonyl (C=O) groups is 1. The highest BCUT2D eigenvalue weighted by Gasteiger charge is 2.26. The van der Waals surface area contributed by atoms with Gasteiger partial charge in [0.05, 0.1) is 11.6 Å². The second-order valence-electron chi connectivity index (χ2n) is 7.59. The summed E-state index contributed by atoms with van der Waals surface area (Å²) in [4.78, 5) is 23.4. The van der Waals surface area contributed by atoms with Gasteiger partial charge in [-0.05, 0) is 32.2 Å². The molecule has 0 N–H and O–H groups in total. The van der Waals surface area contributed by atoms with E-state index < -0.39 is 0 Å². The van der Waals surface area contributed by atoms with Crippen LogP contribution in [0.2, 0.25) is 0 Å². The Kier molecular flexibility index (Phi) is 6.62. The van der Waals surface area contributed by atoms with E-state index in [0.29, 0.717) is 42.9 Å². The van der Waals surface area contributed by atoms with Gasteiger partial charge < -0.3 is 14.4 Å². The molecule has 1 fully saturated rings. The van der Waals surface area contributed by atoms with Gasteiger partial charge in [0, 0.05) is 47.3 Å². The number of likely N-dealkylation sites (tertiary alicyclic amines) is 1. The first-order valence-electron chi connectivity index (χ1n) is 10.1. The van der Waals surface area contributed by atoms with Gasteiger partial charge in [0.2, 0.25) is 5.88 Å². The fourth-order valence-corrected chi connectivity index (χ4v) is 4.91. The molecule has 4 rings (SSSR count). The maximum atomic E-state index is 14.7. The fraction of sp³-hybridized carbons (Fsp3) is 0.409. The monoisotopic (exact) mass is 461 g/mol. The van der Waals surface area contributed by atoms with Gasteiger partial charge in [0.15, 0.2) is 0 Å². The van der Waals surface area contributed by atoms with Crippen molar-refractivity contribution in [3.63, 3.8) is 0 Å². The number of fused-ring (bicyclic) bond motifs is 1. The van der Waals surface area contributed by atoms with E-state index in [1.807, 2.05) is 31.5 Å². The standard InChI is InChI=1S/C22H24FN3O3S2/c1-13(2)28-22(27)26-8-6-14(7-9-26)29-21-20-19(24-12-25-21)17(11-31-20)16-5-4-15(30-3)10-18(16)23/h4-5,10-14H,6-9H2,1-3H3. The minimum atomic E-state index is -0.282. The molecule has 0 unspecified atom stereocenters. The van der Waals surface area contributed by atoms with Crippen molar-refractivity contribution in [1.82, 2.24) is 14.9 Å². The lowest BCUT2D eigenvalue weighted by Gasteiger charge is -2.31. The predicted molar refractivity (Wildman–Crippen MR) is 121 cm³/mol. The van der Waals surface area contributed by atoms with Crippen molar-refractivity contribution in [3.05, 3.63) is 35.7 Å². The van der Waals surface area contributed by atoms with Crippen molar-refractivity contribution in [3.8, 4) is 17.0 Å². The number of nitrogens with zero attached hydrogens (tertiary/aromatic N) is 3. The van der Waals surface area contributed by atoms with E-state index in [2.05, 4.69) is 9.97 Å². The van der Waals surface area contributed by atoms with E-state index in [1.54, 1.807) is 17.0 Å². The average molecular weight is 462 g/mol. The summed E-state index contributed by atoms with van der Waals surface area (Å²) in [5, 5.41) is 1.90. The quantitative estimate of drug-likeness (QED) is 0.460. The largest absolute Gasteiger partial charge is 0.473 e. The van der Waals surface area contributed by atoms with Crippen LogP contribution in [0, 0.1) is 5.82 Å². The number of thiophene rings is 1. The Bertz CT molecular complexity index is 1080. The van der Waals surface area contributed by atoms with Gasteiger partial charge >= 0.3 is 6.09 Å². The molecule has 0 saturated carbocycles. The Morgan fingerprint density at radius 2 is 2.03 bits per heavy atom. The van der Waals surface area contributed by atoms with Crippen LogP contribution in [0.4, 0.5) is 9.18 Å². The summed E-state index contributed by atoms with van der Waals surface area (Å²) in [5.74, 6) is 0.235. The van der Waals surface area contributed by atoms with E-state index in [-0.39, 0.29) is 24.1 Å². The third kappa shape index (κ3) is 4.77. The van der Waals surface area contributed by atoms with Crippen LogP contribution >= 0.6 is 23.1 Å². The zero-order valence-corrected chi connectivity index (χ0v) is 19.3. The molecule has 1 aliphatic heterocycles. The van der Waals surface area contributed by atoms with Crippen molar-refractivity contribution < 1.29 is 18.7 Å². The lowest BCUT2D eigenvalue weighted by atomic mass is 10.1. The number of benzene rings is 1. The van der Waals surface area contributed by atoms with Crippen LogP contribution in [0.15, 0.2) is 34.8 Å². The zero-order chi connectivity index (χ0) is 22.0. The predicted octanol–water partition coefficient (Wildman–Crippen LogP) is 5.61. The summed E-state index contributed by atoms with van der Waals surface area (Å²) in [6.45, 7) is 4.83. The average Bonchev–Trinajstić information content (AvgIpc) is 3.18. The van der Waals surface area contributed by atoms with Gasteiger partial charge in [-0.15, -0.1) is 23.1 Å². The molecule has 3 heterocycles. The molecule has 164 valence electrons. The molecule has 3 aromatic rings. The van der Waals surface area contributed by atoms with Crippen LogP contribution in [0.3, 0.4) is 0 Å². The molecule has 0 atom stereocenters.